The molecule has 1 rings (SSSR count). The highest BCUT2D eigenvalue weighted by molar-refractivity contribution is 5.83. The van der Waals surface area contributed by atoms with E-state index in [-0.39, 0.29) is 11.5 Å². The summed E-state index contributed by atoms with van der Waals surface area (Å²) in [5.41, 5.74) is -0.00110. The van der Waals surface area contributed by atoms with Gasteiger partial charge in [0.1, 0.15) is 0 Å². The Morgan fingerprint density at radius 3 is 2.35 bits per heavy atom. The maximum absolute atomic E-state index is 12.3. The number of hydrogen-bond donors (Lipinski definition) is 1. The molecule has 0 bridgehead atoms. The summed E-state index contributed by atoms with van der Waals surface area (Å²) in [6.07, 6.45) is 4.79. The van der Waals surface area contributed by atoms with Gasteiger partial charge in [-0.1, -0.05) is 40.5 Å². The Morgan fingerprint density at radius 1 is 1.29 bits per heavy atom. The van der Waals surface area contributed by atoms with Crippen LogP contribution in [0.25, 0.3) is 0 Å². The van der Waals surface area contributed by atoms with Gasteiger partial charge in [0.05, 0.1) is 6.04 Å². The summed E-state index contributed by atoms with van der Waals surface area (Å²) in [5, 5.41) is 3.45. The summed E-state index contributed by atoms with van der Waals surface area (Å²) in [6, 6.07) is -0.0281. The Morgan fingerprint density at radius 2 is 1.94 bits per heavy atom. The van der Waals surface area contributed by atoms with Gasteiger partial charge in [-0.2, -0.15) is 0 Å². The monoisotopic (exact) mass is 240 g/mol. The van der Waals surface area contributed by atoms with E-state index in [9.17, 15) is 4.79 Å². The van der Waals surface area contributed by atoms with E-state index in [1.54, 1.807) is 0 Å². The fourth-order valence-corrected chi connectivity index (χ4v) is 2.10. The maximum atomic E-state index is 12.3. The lowest BCUT2D eigenvalue weighted by atomic mass is 9.85. The minimum Gasteiger partial charge on any atom is -0.341 e. The number of carbonyl (C=O) groups is 1. The maximum Gasteiger partial charge on any atom is 0.240 e. The van der Waals surface area contributed by atoms with Crippen LogP contribution in [-0.2, 0) is 4.79 Å². The first-order chi connectivity index (χ1) is 7.96. The molecule has 1 fully saturated rings. The first-order valence-electron chi connectivity index (χ1n) is 6.99. The van der Waals surface area contributed by atoms with E-state index in [2.05, 4.69) is 33.0 Å². The molecule has 0 spiro atoms. The first kappa shape index (κ1) is 14.5. The average molecular weight is 240 g/mol. The van der Waals surface area contributed by atoms with E-state index < -0.39 is 0 Å². The van der Waals surface area contributed by atoms with Crippen molar-refractivity contribution in [2.75, 3.05) is 19.6 Å². The predicted molar refractivity (Wildman–Crippen MR) is 72.0 cm³/mol. The Hall–Kier alpha value is -0.570. The van der Waals surface area contributed by atoms with Crippen LogP contribution >= 0.6 is 0 Å². The van der Waals surface area contributed by atoms with Crippen molar-refractivity contribution in [2.24, 2.45) is 5.41 Å². The van der Waals surface area contributed by atoms with Crippen molar-refractivity contribution in [2.45, 2.75) is 59.4 Å². The molecule has 1 atom stereocenters. The number of nitrogens with one attached hydrogen (secondary N) is 1. The normalized spacial score (nSPS) is 17.8. The first-order valence-corrected chi connectivity index (χ1v) is 6.99. The van der Waals surface area contributed by atoms with Gasteiger partial charge < -0.3 is 10.2 Å². The second kappa shape index (κ2) is 6.39. The van der Waals surface area contributed by atoms with Crippen molar-refractivity contribution < 1.29 is 4.79 Å². The van der Waals surface area contributed by atoms with Gasteiger partial charge in [0.15, 0.2) is 0 Å². The lowest BCUT2D eigenvalue weighted by Gasteiger charge is -2.39. The van der Waals surface area contributed by atoms with Crippen LogP contribution in [0, 0.1) is 5.41 Å². The molecule has 1 amide bonds. The van der Waals surface area contributed by atoms with E-state index in [1.807, 2.05) is 4.90 Å². The van der Waals surface area contributed by atoms with Gasteiger partial charge in [-0.15, -0.1) is 0 Å². The molecule has 1 aliphatic rings. The highest BCUT2D eigenvalue weighted by Crippen LogP contribution is 2.23. The lowest BCUT2D eigenvalue weighted by Crippen LogP contribution is -2.56. The number of hydrogen-bond acceptors (Lipinski definition) is 2. The van der Waals surface area contributed by atoms with Gasteiger partial charge in [-0.05, 0) is 24.8 Å². The fraction of sp³-hybridized carbons (Fsp3) is 0.929. The Labute approximate surface area is 106 Å². The molecule has 0 saturated carbocycles. The van der Waals surface area contributed by atoms with Crippen LogP contribution in [0.2, 0.25) is 0 Å². The van der Waals surface area contributed by atoms with Crippen molar-refractivity contribution in [1.82, 2.24) is 10.2 Å². The summed E-state index contributed by atoms with van der Waals surface area (Å²) >= 11 is 0. The van der Waals surface area contributed by atoms with Crippen LogP contribution in [0.5, 0.6) is 0 Å². The Kier molecular flexibility index (Phi) is 5.44. The molecule has 0 aromatic carbocycles. The minimum atomic E-state index is -0.0281. The SMILES string of the molecule is CCCCCN[C@H](C(=O)N1CCC1)C(C)(C)C. The van der Waals surface area contributed by atoms with E-state index in [0.29, 0.717) is 5.91 Å². The van der Waals surface area contributed by atoms with Crippen LogP contribution < -0.4 is 5.32 Å². The molecule has 100 valence electrons. The second-order valence-electron chi connectivity index (χ2n) is 6.14. The van der Waals surface area contributed by atoms with Crippen molar-refractivity contribution in [3.8, 4) is 0 Å². The zero-order chi connectivity index (χ0) is 12.9. The summed E-state index contributed by atoms with van der Waals surface area (Å²) in [5.74, 6) is 0.292. The molecule has 1 aliphatic heterocycles. The summed E-state index contributed by atoms with van der Waals surface area (Å²) < 4.78 is 0. The van der Waals surface area contributed by atoms with Crippen molar-refractivity contribution in [3.63, 3.8) is 0 Å². The molecule has 0 aliphatic carbocycles. The summed E-state index contributed by atoms with van der Waals surface area (Å²) in [6.45, 7) is 11.5. The van der Waals surface area contributed by atoms with Crippen molar-refractivity contribution in [3.05, 3.63) is 0 Å². The van der Waals surface area contributed by atoms with E-state index >= 15 is 0 Å². The summed E-state index contributed by atoms with van der Waals surface area (Å²) in [7, 11) is 0. The highest BCUT2D eigenvalue weighted by atomic mass is 16.2. The van der Waals surface area contributed by atoms with Crippen LogP contribution in [0.4, 0.5) is 0 Å². The van der Waals surface area contributed by atoms with E-state index in [4.69, 9.17) is 0 Å². The number of unbranched alkanes of at least 4 members (excludes halogenated alkanes) is 2. The van der Waals surface area contributed by atoms with Crippen molar-refractivity contribution >= 4 is 5.91 Å². The quantitative estimate of drug-likeness (QED) is 0.723. The Bertz CT molecular complexity index is 241. The highest BCUT2D eigenvalue weighted by Gasteiger charge is 2.35. The number of nitrogens with zero attached hydrogens (tertiary/aromatic N) is 1. The average Bonchev–Trinajstić information content (AvgIpc) is 2.12. The standard InChI is InChI=1S/C14H28N2O/c1-5-6-7-9-15-12(14(2,3)4)13(17)16-10-8-11-16/h12,15H,5-11H2,1-4H3/t12-/m1/s1. The minimum absolute atomic E-state index is 0.00110. The number of likely N-dealkylation sites (tertiary alicyclic amines) is 1. The molecule has 1 N–H and O–H groups in total. The molecule has 3 heteroatoms. The molecule has 1 saturated heterocycles. The van der Waals surface area contributed by atoms with Gasteiger partial charge in [-0.25, -0.2) is 0 Å². The molecule has 0 radical (unpaired) electrons. The molecule has 3 nitrogen and oxygen atoms in total. The fourth-order valence-electron chi connectivity index (χ4n) is 2.10. The second-order valence-corrected chi connectivity index (χ2v) is 6.14. The van der Waals surface area contributed by atoms with Crippen LogP contribution in [0.1, 0.15) is 53.4 Å². The molecular formula is C14H28N2O. The number of amides is 1. The van der Waals surface area contributed by atoms with Gasteiger partial charge in [0, 0.05) is 13.1 Å². The molecule has 0 unspecified atom stereocenters. The van der Waals surface area contributed by atoms with Gasteiger partial charge in [0.2, 0.25) is 5.91 Å². The number of rotatable bonds is 6. The van der Waals surface area contributed by atoms with E-state index in [1.165, 1.54) is 19.3 Å². The number of carbonyl (C=O) groups excluding carboxylic acids is 1. The van der Waals surface area contributed by atoms with Gasteiger partial charge in [-0.3, -0.25) is 4.79 Å². The van der Waals surface area contributed by atoms with Crippen LogP contribution in [0.3, 0.4) is 0 Å². The lowest BCUT2D eigenvalue weighted by molar-refractivity contribution is -0.139. The topological polar surface area (TPSA) is 32.3 Å². The predicted octanol–water partition coefficient (Wildman–Crippen LogP) is 2.41. The van der Waals surface area contributed by atoms with Crippen LogP contribution in [-0.4, -0.2) is 36.5 Å². The molecule has 0 aromatic rings. The largest absolute Gasteiger partial charge is 0.341 e. The summed E-state index contributed by atoms with van der Waals surface area (Å²) in [4.78, 5) is 14.3. The third-order valence-corrected chi connectivity index (χ3v) is 3.41. The smallest absolute Gasteiger partial charge is 0.240 e. The van der Waals surface area contributed by atoms with Gasteiger partial charge >= 0.3 is 0 Å². The van der Waals surface area contributed by atoms with Crippen LogP contribution in [0.15, 0.2) is 0 Å². The zero-order valence-corrected chi connectivity index (χ0v) is 11.9. The molecule has 17 heavy (non-hydrogen) atoms. The third kappa shape index (κ3) is 4.30. The Balaban J connectivity index is 2.45. The van der Waals surface area contributed by atoms with E-state index in [0.717, 1.165) is 26.1 Å². The molecule has 1 heterocycles. The van der Waals surface area contributed by atoms with Gasteiger partial charge in [0.25, 0.3) is 0 Å². The zero-order valence-electron chi connectivity index (χ0n) is 11.9. The van der Waals surface area contributed by atoms with Crippen molar-refractivity contribution in [1.29, 1.82) is 0 Å². The molecule has 0 aromatic heterocycles. The third-order valence-electron chi connectivity index (χ3n) is 3.41. The molecular weight excluding hydrogens is 212 g/mol.